The molecule has 1 aliphatic carbocycles. The summed E-state index contributed by atoms with van der Waals surface area (Å²) in [4.78, 5) is 1.65. The molecule has 6 heterocycles. The van der Waals surface area contributed by atoms with Gasteiger partial charge in [0.15, 0.2) is 110 Å². The van der Waals surface area contributed by atoms with Crippen molar-refractivity contribution in [2.75, 3.05) is 105 Å². The molecule has 704 valence electrons. The molecule has 5 saturated heterocycles. The van der Waals surface area contributed by atoms with Gasteiger partial charge >= 0.3 is 0 Å². The summed E-state index contributed by atoms with van der Waals surface area (Å²) in [6.07, 6.45) is 7.34. The number of methoxy groups -OCH3 is 3. The molecule has 6 fully saturated rings. The van der Waals surface area contributed by atoms with Gasteiger partial charge in [-0.05, 0) is 208 Å². The van der Waals surface area contributed by atoms with Crippen molar-refractivity contribution < 1.29 is 98.4 Å². The number of halogens is 5. The van der Waals surface area contributed by atoms with Gasteiger partial charge in [0.2, 0.25) is 0 Å². The molecule has 7 aromatic carbocycles. The van der Waals surface area contributed by atoms with E-state index >= 15 is 0 Å². The zero-order valence-corrected chi connectivity index (χ0v) is 83.0. The number of hydrogen-bond donors (Lipinski definition) is 5. The van der Waals surface area contributed by atoms with Crippen LogP contribution in [0.4, 0.5) is 0 Å². The molecule has 0 radical (unpaired) electrons. The van der Waals surface area contributed by atoms with Gasteiger partial charge in [0.25, 0.3) is 0 Å². The van der Waals surface area contributed by atoms with Crippen LogP contribution in [0.5, 0.6) is 11.5 Å². The molecule has 1 saturated carbocycles. The molecule has 28 nitrogen and oxygen atoms in total. The minimum atomic E-state index is -3.83. The highest BCUT2D eigenvalue weighted by atomic mass is 35.5. The molecule has 0 spiro atoms. The van der Waals surface area contributed by atoms with Crippen LogP contribution >= 0.6 is 69.3 Å². The van der Waals surface area contributed by atoms with Crippen LogP contribution in [0.2, 0.25) is 25.1 Å². The van der Waals surface area contributed by atoms with E-state index in [1.54, 1.807) is 38.7 Å². The van der Waals surface area contributed by atoms with Gasteiger partial charge in [0, 0.05) is 93.0 Å². The fourth-order valence-corrected chi connectivity index (χ4v) is 40.8. The van der Waals surface area contributed by atoms with E-state index < -0.39 is 161 Å². The van der Waals surface area contributed by atoms with Crippen LogP contribution in [0.25, 0.3) is 0 Å². The molecule has 1 aromatic heterocycles. The molecule has 10 atom stereocenters. The second-order valence-corrected chi connectivity index (χ2v) is 56.8. The van der Waals surface area contributed by atoms with Crippen LogP contribution in [0.1, 0.15) is 60.1 Å². The van der Waals surface area contributed by atoms with Gasteiger partial charge in [-0.1, -0.05) is 119 Å². The molecule has 8 aromatic rings. The summed E-state index contributed by atoms with van der Waals surface area (Å²) in [5.41, 5.74) is 3.03. The van der Waals surface area contributed by atoms with Gasteiger partial charge in [0.1, 0.15) is 0 Å². The number of ether oxygens (including phenoxy) is 3. The second kappa shape index (κ2) is 45.3. The largest absolute Gasteiger partial charge is 0.493 e. The highest BCUT2D eigenvalue weighted by Gasteiger charge is 2.51. The average Bonchev–Trinajstić information content (AvgIpc) is 1.64. The average molecular weight is 2080 g/mol. The molecule has 128 heavy (non-hydrogen) atoms. The van der Waals surface area contributed by atoms with Crippen LogP contribution in [-0.2, 0) is 122 Å². The lowest BCUT2D eigenvalue weighted by atomic mass is 9.95. The highest BCUT2D eigenvalue weighted by molar-refractivity contribution is 7.98. The van der Waals surface area contributed by atoms with Gasteiger partial charge in [0.05, 0.1) is 122 Å². The molecule has 6 aliphatic rings. The number of rotatable bonds is 30. The van der Waals surface area contributed by atoms with Crippen molar-refractivity contribution in [2.45, 2.75) is 152 Å². The maximum atomic E-state index is 13.1. The van der Waals surface area contributed by atoms with Gasteiger partial charge in [-0.3, -0.25) is 0 Å². The Balaban J connectivity index is 0.000000167. The van der Waals surface area contributed by atoms with E-state index in [4.69, 9.17) is 72.2 Å². The summed E-state index contributed by atoms with van der Waals surface area (Å²) >= 11 is 30.7. The minimum Gasteiger partial charge on any atom is -0.493 e. The lowest BCUT2D eigenvalue weighted by molar-refractivity contribution is 0.193. The van der Waals surface area contributed by atoms with E-state index in [2.05, 4.69) is 26.6 Å². The van der Waals surface area contributed by atoms with Crippen molar-refractivity contribution >= 4 is 168 Å². The summed E-state index contributed by atoms with van der Waals surface area (Å²) in [5.74, 6) is -1.42. The fraction of sp³-hybridized carbons (Fsp3) is 0.452. The van der Waals surface area contributed by atoms with Crippen LogP contribution in [-0.4, -0.2) is 252 Å². The molecule has 5 N–H and O–H groups in total. The van der Waals surface area contributed by atoms with Crippen LogP contribution < -0.4 is 36.1 Å². The molecular weight excluding hydrogens is 1980 g/mol. The third-order valence-corrected chi connectivity index (χ3v) is 45.5. The molecule has 0 unspecified atom stereocenters. The number of benzene rings is 7. The third kappa shape index (κ3) is 29.0. The van der Waals surface area contributed by atoms with E-state index in [9.17, 15) is 84.2 Å². The van der Waals surface area contributed by atoms with Crippen LogP contribution in [0.15, 0.2) is 206 Å². The standard InChI is InChI=1S/C20H24ClNO6S2.C18H20ClNO4S2.C16H18ClNO4S3.C16H22ClNO4S2.C14H20ClNO5S2/c1-27-18-8-3-14(11-19(18)28-2)9-10-22-17-12-29(23,24)13-20(17)30(25,26)16-6-4-15(21)5-7-16;1-13-3-2-4-14(9-13)10-20-17-11-25(21,22)12-18(17)26(23,24)16-7-5-15(19)6-8-16;17-12-3-5-14(6-4-12)25(21,22)16-11-24(19,20)10-15(16)18-8-7-13-2-1-9-23-13;17-12-6-8-14(9-7-12)24(21,22)16-11-23(19,20)10-15(16)18-13-4-2-1-3-5-13;1-21-8-2-7-16-13-9-22(17,18)10-14(13)23(19,20)12-5-3-11(15)4-6-12/h3-8,11,17,20,22H,9-10,12-13H2,1-2H3;2-9,17-18,20H,10-12H2,1H3;1-6,9,15-16,18H,7-8,10-11H2;6-9,13,15-16,18H,1-5,10-11H2;3-6,13-14,16H,2,7-10H2,1H3/t17-,20-;17-,18-;2*15-,16-;13-,14-/m00000/s1. The molecule has 5 aliphatic heterocycles. The first-order valence-corrected chi connectivity index (χ1v) is 60.2. The lowest BCUT2D eigenvalue weighted by Gasteiger charge is -2.28. The Morgan fingerprint density at radius 1 is 0.359 bits per heavy atom. The molecule has 14 rings (SSSR count). The van der Waals surface area contributed by atoms with Gasteiger partial charge in [-0.15, -0.1) is 11.3 Å². The Morgan fingerprint density at radius 3 is 1.05 bits per heavy atom. The van der Waals surface area contributed by atoms with E-state index in [1.807, 2.05) is 60.8 Å². The zero-order chi connectivity index (χ0) is 93.4. The monoisotopic (exact) mass is 2080 g/mol. The van der Waals surface area contributed by atoms with Crippen molar-refractivity contribution in [3.63, 3.8) is 0 Å². The summed E-state index contributed by atoms with van der Waals surface area (Å²) < 4.78 is 265. The maximum Gasteiger partial charge on any atom is 0.183 e. The highest BCUT2D eigenvalue weighted by Crippen LogP contribution is 2.35. The van der Waals surface area contributed by atoms with Crippen molar-refractivity contribution in [1.29, 1.82) is 0 Å². The summed E-state index contributed by atoms with van der Waals surface area (Å²) in [6.45, 7) is 4.36. The fourth-order valence-electron chi connectivity index (χ4n) is 15.9. The first kappa shape index (κ1) is 105. The zero-order valence-electron chi connectivity index (χ0n) is 70.2. The van der Waals surface area contributed by atoms with Gasteiger partial charge in [-0.2, -0.15) is 0 Å². The second-order valence-electron chi connectivity index (χ2n) is 32.0. The molecule has 0 bridgehead atoms. The predicted octanol–water partition coefficient (Wildman–Crippen LogP) is 9.79. The minimum absolute atomic E-state index is 0.0701. The molecule has 44 heteroatoms. The maximum absolute atomic E-state index is 13.1. The first-order valence-electron chi connectivity index (χ1n) is 40.6. The van der Waals surface area contributed by atoms with Crippen molar-refractivity contribution in [1.82, 2.24) is 26.6 Å². The Hall–Kier alpha value is -5.45. The van der Waals surface area contributed by atoms with E-state index in [0.29, 0.717) is 82.2 Å². The Morgan fingerprint density at radius 2 is 0.703 bits per heavy atom. The number of hydrogen-bond acceptors (Lipinski definition) is 29. The van der Waals surface area contributed by atoms with Gasteiger partial charge < -0.3 is 40.8 Å². The summed E-state index contributed by atoms with van der Waals surface area (Å²) in [7, 11) is -31.2. The number of sulfone groups is 10. The molecular formula is C84H104Cl5N5O23S11. The predicted molar refractivity (Wildman–Crippen MR) is 504 cm³/mol. The van der Waals surface area contributed by atoms with E-state index in [0.717, 1.165) is 48.8 Å². The number of thiophene rings is 1. The topological polar surface area (TPSA) is 429 Å². The Labute approximate surface area is 781 Å². The first-order chi connectivity index (χ1) is 60.1. The van der Waals surface area contributed by atoms with E-state index in [-0.39, 0.29) is 82.3 Å². The van der Waals surface area contributed by atoms with Crippen LogP contribution in [0.3, 0.4) is 0 Å². The quantitative estimate of drug-likeness (QED) is 0.0261. The Bertz CT molecular complexity index is 6320. The summed E-state index contributed by atoms with van der Waals surface area (Å²) in [6, 6.07) is 43.5. The number of nitrogens with one attached hydrogen (secondary N) is 5. The van der Waals surface area contributed by atoms with Gasteiger partial charge in [-0.25, -0.2) is 84.2 Å². The molecule has 0 amide bonds. The van der Waals surface area contributed by atoms with Crippen LogP contribution in [0, 0.1) is 6.92 Å². The van der Waals surface area contributed by atoms with Crippen molar-refractivity contribution in [3.05, 3.63) is 228 Å². The smallest absolute Gasteiger partial charge is 0.183 e. The van der Waals surface area contributed by atoms with Crippen molar-refractivity contribution in [3.8, 4) is 11.5 Å². The normalized spacial score (nSPS) is 23.4. The third-order valence-electron chi connectivity index (χ3n) is 22.5. The SMILES string of the molecule is COCCCN[C@H]1CS(=O)(=O)C[C@@H]1S(=O)(=O)c1ccc(Cl)cc1.COc1ccc(CCN[C@H]2CS(=O)(=O)C[C@@H]2S(=O)(=O)c2ccc(Cl)cc2)cc1OC.Cc1cccc(CN[C@H]2CS(=O)(=O)C[C@@H]2S(=O)(=O)c2ccc(Cl)cc2)c1.O=S1(=O)C[C@H](NC2CCCCC2)[C@@H](S(=O)(=O)c2ccc(Cl)cc2)C1.O=S1(=O)C[C@H](NCCc2cccs2)[C@@H](S(=O)(=O)c2ccc(Cl)cc2)C1. The van der Waals surface area contributed by atoms with Crippen molar-refractivity contribution in [2.24, 2.45) is 0 Å². The van der Waals surface area contributed by atoms with E-state index in [1.165, 1.54) is 133 Å². The number of aryl methyl sites for hydroxylation is 1. The Kier molecular flexibility index (Phi) is 37.0. The summed E-state index contributed by atoms with van der Waals surface area (Å²) in [5, 5.41) is 14.9. The lowest BCUT2D eigenvalue weighted by Crippen LogP contribution is -2.48.